The summed E-state index contributed by atoms with van der Waals surface area (Å²) in [6, 6.07) is 9.31. The van der Waals surface area contributed by atoms with Crippen LogP contribution in [0.3, 0.4) is 0 Å². The maximum atomic E-state index is 11.6. The maximum absolute atomic E-state index is 11.6. The van der Waals surface area contributed by atoms with E-state index in [4.69, 9.17) is 21.1 Å². The lowest BCUT2D eigenvalue weighted by Gasteiger charge is -2.10. The van der Waals surface area contributed by atoms with Crippen LogP contribution in [0.1, 0.15) is 11.1 Å². The van der Waals surface area contributed by atoms with Crippen LogP contribution in [0.2, 0.25) is 5.02 Å². The Morgan fingerprint density at radius 3 is 2.35 bits per heavy atom. The van der Waals surface area contributed by atoms with Gasteiger partial charge in [-0.05, 0) is 41.5 Å². The highest BCUT2D eigenvalue weighted by atomic mass is 35.5. The molecule has 0 saturated heterocycles. The van der Waals surface area contributed by atoms with Crippen LogP contribution in [-0.4, -0.2) is 30.4 Å². The lowest BCUT2D eigenvalue weighted by Crippen LogP contribution is -2.01. The molecule has 0 aliphatic rings. The van der Waals surface area contributed by atoms with Gasteiger partial charge in [0, 0.05) is 0 Å². The van der Waals surface area contributed by atoms with Gasteiger partial charge < -0.3 is 19.7 Å². The van der Waals surface area contributed by atoms with Crippen molar-refractivity contribution in [3.63, 3.8) is 0 Å². The normalized spacial score (nSPS) is 11.2. The standard InChI is InChI=1S/C17H15ClO5/c1-22-15-6-4-11(9-16(15)23-2)12(17(20)21)7-10-3-5-14(19)13(18)8-10/h3-9,19H,1-2H3,(H,20,21)/b12-7-. The molecular formula is C17H15ClO5. The number of phenolic OH excluding ortho intramolecular Hbond substituents is 1. The lowest BCUT2D eigenvalue weighted by molar-refractivity contribution is -0.130. The molecule has 0 fully saturated rings. The summed E-state index contributed by atoms with van der Waals surface area (Å²) in [6.45, 7) is 0. The zero-order valence-electron chi connectivity index (χ0n) is 12.5. The molecule has 0 aromatic heterocycles. The number of rotatable bonds is 5. The first-order chi connectivity index (χ1) is 11.0. The Bertz CT molecular complexity index is 768. The molecule has 5 nitrogen and oxygen atoms in total. The molecule has 2 N–H and O–H groups in total. The Kier molecular flexibility index (Phi) is 5.13. The largest absolute Gasteiger partial charge is 0.506 e. The predicted molar refractivity (Wildman–Crippen MR) is 88.2 cm³/mol. The van der Waals surface area contributed by atoms with E-state index in [0.29, 0.717) is 22.6 Å². The van der Waals surface area contributed by atoms with Gasteiger partial charge in [0.05, 0.1) is 24.8 Å². The molecule has 0 radical (unpaired) electrons. The predicted octanol–water partition coefficient (Wildman–Crippen LogP) is 3.69. The summed E-state index contributed by atoms with van der Waals surface area (Å²) in [7, 11) is 2.98. The molecule has 0 unspecified atom stereocenters. The van der Waals surface area contributed by atoms with E-state index in [9.17, 15) is 15.0 Å². The second kappa shape index (κ2) is 7.07. The molecule has 2 aromatic carbocycles. The maximum Gasteiger partial charge on any atom is 0.336 e. The lowest BCUT2D eigenvalue weighted by atomic mass is 10.0. The summed E-state index contributed by atoms with van der Waals surface area (Å²) in [5.74, 6) is -0.220. The van der Waals surface area contributed by atoms with Crippen LogP contribution in [0.4, 0.5) is 0 Å². The third-order valence-corrected chi connectivity index (χ3v) is 3.51. The Labute approximate surface area is 138 Å². The van der Waals surface area contributed by atoms with Crippen LogP contribution in [-0.2, 0) is 4.79 Å². The van der Waals surface area contributed by atoms with Crippen LogP contribution in [0.5, 0.6) is 17.2 Å². The number of carboxylic acid groups (broad SMARTS) is 1. The van der Waals surface area contributed by atoms with E-state index in [1.54, 1.807) is 24.3 Å². The summed E-state index contributed by atoms with van der Waals surface area (Å²) in [4.78, 5) is 11.6. The van der Waals surface area contributed by atoms with Gasteiger partial charge in [0.1, 0.15) is 5.75 Å². The average molecular weight is 335 g/mol. The molecule has 120 valence electrons. The summed E-state index contributed by atoms with van der Waals surface area (Å²) >= 11 is 5.85. The highest BCUT2D eigenvalue weighted by Gasteiger charge is 2.14. The van der Waals surface area contributed by atoms with Gasteiger partial charge in [-0.3, -0.25) is 0 Å². The Morgan fingerprint density at radius 1 is 1.09 bits per heavy atom. The summed E-state index contributed by atoms with van der Waals surface area (Å²) in [5, 5.41) is 19.1. The number of aliphatic carboxylic acids is 1. The second-order valence-electron chi connectivity index (χ2n) is 4.64. The molecule has 0 aliphatic carbocycles. The number of phenols is 1. The highest BCUT2D eigenvalue weighted by molar-refractivity contribution is 6.32. The van der Waals surface area contributed by atoms with E-state index in [0.717, 1.165) is 0 Å². The van der Waals surface area contributed by atoms with E-state index in [1.807, 2.05) is 0 Å². The molecule has 6 heteroatoms. The fraction of sp³-hybridized carbons (Fsp3) is 0.118. The van der Waals surface area contributed by atoms with Crippen molar-refractivity contribution in [1.29, 1.82) is 0 Å². The summed E-state index contributed by atoms with van der Waals surface area (Å²) in [6.07, 6.45) is 1.47. The molecule has 0 atom stereocenters. The molecule has 0 saturated carbocycles. The summed E-state index contributed by atoms with van der Waals surface area (Å²) < 4.78 is 10.3. The molecule has 23 heavy (non-hydrogen) atoms. The third kappa shape index (κ3) is 3.76. The van der Waals surface area contributed by atoms with Gasteiger partial charge in [-0.15, -0.1) is 0 Å². The van der Waals surface area contributed by atoms with Crippen LogP contribution < -0.4 is 9.47 Å². The first kappa shape index (κ1) is 16.7. The van der Waals surface area contributed by atoms with Gasteiger partial charge in [-0.1, -0.05) is 23.7 Å². The molecule has 0 spiro atoms. The van der Waals surface area contributed by atoms with Gasteiger partial charge in [0.25, 0.3) is 0 Å². The molecule has 2 aromatic rings. The zero-order valence-corrected chi connectivity index (χ0v) is 13.3. The SMILES string of the molecule is COc1ccc(/C(=C/c2ccc(O)c(Cl)c2)C(=O)O)cc1OC. The number of carboxylic acids is 1. The monoisotopic (exact) mass is 334 g/mol. The Balaban J connectivity index is 2.52. The first-order valence-electron chi connectivity index (χ1n) is 6.62. The van der Waals surface area contributed by atoms with Gasteiger partial charge in [0.15, 0.2) is 11.5 Å². The van der Waals surface area contributed by atoms with Gasteiger partial charge in [-0.25, -0.2) is 4.79 Å². The van der Waals surface area contributed by atoms with Crippen molar-refractivity contribution in [3.8, 4) is 17.2 Å². The van der Waals surface area contributed by atoms with Crippen LogP contribution in [0.15, 0.2) is 36.4 Å². The zero-order chi connectivity index (χ0) is 17.0. The second-order valence-corrected chi connectivity index (χ2v) is 5.05. The van der Waals surface area contributed by atoms with Crippen molar-refractivity contribution in [2.75, 3.05) is 14.2 Å². The van der Waals surface area contributed by atoms with E-state index in [-0.39, 0.29) is 16.3 Å². The first-order valence-corrected chi connectivity index (χ1v) is 7.00. The van der Waals surface area contributed by atoms with Crippen LogP contribution in [0.25, 0.3) is 11.6 Å². The minimum Gasteiger partial charge on any atom is -0.506 e. The number of hydrogen-bond acceptors (Lipinski definition) is 4. The number of ether oxygens (including phenoxy) is 2. The number of benzene rings is 2. The van der Waals surface area contributed by atoms with Crippen molar-refractivity contribution in [1.82, 2.24) is 0 Å². The van der Waals surface area contributed by atoms with Crippen LogP contribution in [0, 0.1) is 0 Å². The Morgan fingerprint density at radius 2 is 1.78 bits per heavy atom. The quantitative estimate of drug-likeness (QED) is 0.644. The van der Waals surface area contributed by atoms with Gasteiger partial charge >= 0.3 is 5.97 Å². The van der Waals surface area contributed by atoms with Crippen molar-refractivity contribution in [3.05, 3.63) is 52.5 Å². The molecule has 0 amide bonds. The van der Waals surface area contributed by atoms with Crippen molar-refractivity contribution >= 4 is 29.2 Å². The molecule has 0 bridgehead atoms. The number of methoxy groups -OCH3 is 2. The van der Waals surface area contributed by atoms with E-state index >= 15 is 0 Å². The minimum absolute atomic E-state index is 0.0627. The molecule has 2 rings (SSSR count). The molecular weight excluding hydrogens is 320 g/mol. The highest BCUT2D eigenvalue weighted by Crippen LogP contribution is 2.32. The fourth-order valence-electron chi connectivity index (χ4n) is 2.05. The van der Waals surface area contributed by atoms with E-state index in [1.165, 1.54) is 32.4 Å². The number of hydrogen-bond donors (Lipinski definition) is 2. The van der Waals surface area contributed by atoms with E-state index < -0.39 is 5.97 Å². The van der Waals surface area contributed by atoms with Crippen molar-refractivity contribution in [2.24, 2.45) is 0 Å². The van der Waals surface area contributed by atoms with Crippen LogP contribution >= 0.6 is 11.6 Å². The van der Waals surface area contributed by atoms with Gasteiger partial charge in [-0.2, -0.15) is 0 Å². The molecule has 0 aliphatic heterocycles. The van der Waals surface area contributed by atoms with E-state index in [2.05, 4.69) is 0 Å². The molecule has 0 heterocycles. The minimum atomic E-state index is -1.10. The smallest absolute Gasteiger partial charge is 0.336 e. The number of halogens is 1. The average Bonchev–Trinajstić information content (AvgIpc) is 2.54. The topological polar surface area (TPSA) is 76.0 Å². The Hall–Kier alpha value is -2.66. The van der Waals surface area contributed by atoms with Gasteiger partial charge in [0.2, 0.25) is 0 Å². The fourth-order valence-corrected chi connectivity index (χ4v) is 2.24. The number of aromatic hydroxyl groups is 1. The summed E-state index contributed by atoms with van der Waals surface area (Å²) in [5.41, 5.74) is 1.08. The van der Waals surface area contributed by atoms with Crippen molar-refractivity contribution in [2.45, 2.75) is 0 Å². The third-order valence-electron chi connectivity index (χ3n) is 3.21. The van der Waals surface area contributed by atoms with Crippen molar-refractivity contribution < 1.29 is 24.5 Å². The number of carbonyl (C=O) groups is 1.